The first-order valence-electron chi connectivity index (χ1n) is 7.78. The topological polar surface area (TPSA) is 78.9 Å². The fourth-order valence-corrected chi connectivity index (χ4v) is 2.57. The Labute approximate surface area is 138 Å². The van der Waals surface area contributed by atoms with Gasteiger partial charge >= 0.3 is 0 Å². The second-order valence-electron chi connectivity index (χ2n) is 5.90. The molecular formula is C17H17N5O2. The van der Waals surface area contributed by atoms with E-state index in [1.807, 2.05) is 30.3 Å². The third kappa shape index (κ3) is 2.85. The summed E-state index contributed by atoms with van der Waals surface area (Å²) in [4.78, 5) is 6.02. The maximum absolute atomic E-state index is 5.29. The van der Waals surface area contributed by atoms with Gasteiger partial charge in [-0.25, -0.2) is 0 Å². The number of hydrogen-bond donors (Lipinski definition) is 0. The van der Waals surface area contributed by atoms with Crippen molar-refractivity contribution in [1.82, 2.24) is 25.1 Å². The second-order valence-corrected chi connectivity index (χ2v) is 5.90. The summed E-state index contributed by atoms with van der Waals surface area (Å²) in [6, 6.07) is 9.74. The summed E-state index contributed by atoms with van der Waals surface area (Å²) in [7, 11) is 1.69. The summed E-state index contributed by atoms with van der Waals surface area (Å²) in [6.45, 7) is 0.626. The predicted molar refractivity (Wildman–Crippen MR) is 87.4 cm³/mol. The molecule has 122 valence electrons. The number of hydrogen-bond acceptors (Lipinski definition) is 6. The van der Waals surface area contributed by atoms with Crippen LogP contribution in [0.25, 0.3) is 17.8 Å². The zero-order valence-electron chi connectivity index (χ0n) is 13.3. The smallest absolute Gasteiger partial charge is 0.250 e. The number of benzene rings is 1. The van der Waals surface area contributed by atoms with Crippen molar-refractivity contribution in [1.29, 1.82) is 0 Å². The molecule has 0 N–H and O–H groups in total. The Bertz CT molecular complexity index is 849. The molecule has 4 rings (SSSR count). The molecule has 1 saturated carbocycles. The van der Waals surface area contributed by atoms with Crippen LogP contribution in [-0.4, -0.2) is 38.9 Å². The summed E-state index contributed by atoms with van der Waals surface area (Å²) in [6.07, 6.45) is 7.32. The Morgan fingerprint density at radius 2 is 2.08 bits per heavy atom. The van der Waals surface area contributed by atoms with E-state index in [4.69, 9.17) is 9.26 Å². The molecule has 3 aromatic rings. The van der Waals surface area contributed by atoms with Crippen molar-refractivity contribution in [2.45, 2.75) is 18.3 Å². The molecular weight excluding hydrogens is 306 g/mol. The van der Waals surface area contributed by atoms with E-state index in [9.17, 15) is 0 Å². The van der Waals surface area contributed by atoms with E-state index in [1.165, 1.54) is 0 Å². The maximum Gasteiger partial charge on any atom is 0.250 e. The zero-order chi connectivity index (χ0) is 16.4. The third-order valence-electron chi connectivity index (χ3n) is 4.08. The Morgan fingerprint density at radius 3 is 2.83 bits per heavy atom. The third-order valence-corrected chi connectivity index (χ3v) is 4.08. The summed E-state index contributed by atoms with van der Waals surface area (Å²) in [5.74, 6) is 1.18. The monoisotopic (exact) mass is 323 g/mol. The molecule has 1 aliphatic rings. The van der Waals surface area contributed by atoms with Crippen LogP contribution < -0.4 is 0 Å². The zero-order valence-corrected chi connectivity index (χ0v) is 13.3. The molecule has 1 fully saturated rings. The van der Waals surface area contributed by atoms with E-state index in [0.29, 0.717) is 12.5 Å². The van der Waals surface area contributed by atoms with Crippen molar-refractivity contribution >= 4 is 12.2 Å². The van der Waals surface area contributed by atoms with E-state index in [-0.39, 0.29) is 5.41 Å². The van der Waals surface area contributed by atoms with Gasteiger partial charge in [-0.15, -0.1) is 5.10 Å². The minimum Gasteiger partial charge on any atom is -0.384 e. The first-order chi connectivity index (χ1) is 11.8. The summed E-state index contributed by atoms with van der Waals surface area (Å²) >= 11 is 0. The van der Waals surface area contributed by atoms with Gasteiger partial charge in [0.05, 0.1) is 23.9 Å². The van der Waals surface area contributed by atoms with Gasteiger partial charge in [0, 0.05) is 13.2 Å². The molecule has 2 aromatic heterocycles. The first-order valence-corrected chi connectivity index (χ1v) is 7.78. The molecule has 7 nitrogen and oxygen atoms in total. The lowest BCUT2D eigenvalue weighted by Crippen LogP contribution is -2.15. The number of nitrogens with zero attached hydrogens (tertiary/aromatic N) is 5. The Hall–Kier alpha value is -2.80. The van der Waals surface area contributed by atoms with Gasteiger partial charge in [-0.2, -0.15) is 14.9 Å². The molecule has 0 radical (unpaired) electrons. The van der Waals surface area contributed by atoms with Crippen molar-refractivity contribution in [2.75, 3.05) is 13.7 Å². The molecule has 0 saturated heterocycles. The Kier molecular flexibility index (Phi) is 3.70. The molecule has 0 amide bonds. The van der Waals surface area contributed by atoms with E-state index < -0.39 is 0 Å². The Morgan fingerprint density at radius 1 is 1.25 bits per heavy atom. The average molecular weight is 323 g/mol. The highest BCUT2D eigenvalue weighted by Crippen LogP contribution is 2.46. The van der Waals surface area contributed by atoms with Gasteiger partial charge < -0.3 is 9.26 Å². The molecule has 0 bridgehead atoms. The summed E-state index contributed by atoms with van der Waals surface area (Å²) in [5, 5.41) is 12.7. The lowest BCUT2D eigenvalue weighted by molar-refractivity contribution is 0.167. The van der Waals surface area contributed by atoms with Crippen LogP contribution in [0.5, 0.6) is 0 Å². The molecule has 2 heterocycles. The maximum atomic E-state index is 5.29. The van der Waals surface area contributed by atoms with E-state index in [1.54, 1.807) is 30.3 Å². The van der Waals surface area contributed by atoms with Crippen LogP contribution in [0.4, 0.5) is 0 Å². The van der Waals surface area contributed by atoms with Crippen molar-refractivity contribution in [3.8, 4) is 5.69 Å². The van der Waals surface area contributed by atoms with Gasteiger partial charge in [-0.3, -0.25) is 0 Å². The highest BCUT2D eigenvalue weighted by Gasteiger charge is 2.48. The summed E-state index contributed by atoms with van der Waals surface area (Å²) < 4.78 is 10.5. The van der Waals surface area contributed by atoms with Crippen LogP contribution in [0.3, 0.4) is 0 Å². The lowest BCUT2D eigenvalue weighted by Gasteiger charge is -2.06. The standard InChI is InChI=1S/C17H17N5O2/c1-23-12-17(9-10-17)16-19-15(24-21-16)8-7-13-11-18-22(20-13)14-5-3-2-4-6-14/h2-8,11H,9-10,12H2,1H3/b8-7+. The van der Waals surface area contributed by atoms with Crippen molar-refractivity contribution in [2.24, 2.45) is 0 Å². The summed E-state index contributed by atoms with van der Waals surface area (Å²) in [5.41, 5.74) is 1.57. The normalized spacial score (nSPS) is 15.9. The fraction of sp³-hybridized carbons (Fsp3) is 0.294. The van der Waals surface area contributed by atoms with Gasteiger partial charge in [-0.1, -0.05) is 23.4 Å². The number of ether oxygens (including phenoxy) is 1. The number of methoxy groups -OCH3 is 1. The van der Waals surface area contributed by atoms with E-state index in [0.717, 1.165) is 30.0 Å². The lowest BCUT2D eigenvalue weighted by atomic mass is 10.1. The molecule has 0 atom stereocenters. The largest absolute Gasteiger partial charge is 0.384 e. The average Bonchev–Trinajstić information content (AvgIpc) is 3.04. The minimum absolute atomic E-state index is 0.0548. The highest BCUT2D eigenvalue weighted by molar-refractivity contribution is 5.63. The molecule has 0 unspecified atom stereocenters. The van der Waals surface area contributed by atoms with Crippen LogP contribution >= 0.6 is 0 Å². The van der Waals surface area contributed by atoms with Gasteiger partial charge in [0.25, 0.3) is 5.89 Å². The van der Waals surface area contributed by atoms with Gasteiger partial charge in [-0.05, 0) is 31.1 Å². The molecule has 0 aliphatic heterocycles. The van der Waals surface area contributed by atoms with Crippen molar-refractivity contribution < 1.29 is 9.26 Å². The quantitative estimate of drug-likeness (QED) is 0.693. The van der Waals surface area contributed by atoms with Crippen LogP contribution in [0.1, 0.15) is 30.3 Å². The van der Waals surface area contributed by atoms with Crippen molar-refractivity contribution in [3.63, 3.8) is 0 Å². The van der Waals surface area contributed by atoms with Gasteiger partial charge in [0.15, 0.2) is 5.82 Å². The van der Waals surface area contributed by atoms with Crippen LogP contribution in [0.2, 0.25) is 0 Å². The number of aromatic nitrogens is 5. The molecule has 7 heteroatoms. The van der Waals surface area contributed by atoms with E-state index in [2.05, 4.69) is 20.3 Å². The minimum atomic E-state index is -0.0548. The van der Waals surface area contributed by atoms with E-state index >= 15 is 0 Å². The fourth-order valence-electron chi connectivity index (χ4n) is 2.57. The van der Waals surface area contributed by atoms with Crippen LogP contribution in [0.15, 0.2) is 41.1 Å². The van der Waals surface area contributed by atoms with Crippen molar-refractivity contribution in [3.05, 3.63) is 53.9 Å². The van der Waals surface area contributed by atoms with Gasteiger partial charge in [0.2, 0.25) is 0 Å². The molecule has 24 heavy (non-hydrogen) atoms. The first kappa shape index (κ1) is 14.8. The molecule has 1 aliphatic carbocycles. The SMILES string of the molecule is COCC1(c2noc(/C=C/c3cnn(-c4ccccc4)n3)n2)CC1. The Balaban J connectivity index is 1.48. The number of rotatable bonds is 6. The van der Waals surface area contributed by atoms with Crippen LogP contribution in [0, 0.1) is 0 Å². The molecule has 0 spiro atoms. The van der Waals surface area contributed by atoms with Crippen LogP contribution in [-0.2, 0) is 10.2 Å². The number of para-hydroxylation sites is 1. The second kappa shape index (κ2) is 6.01. The molecule has 1 aromatic carbocycles. The highest BCUT2D eigenvalue weighted by atomic mass is 16.5. The predicted octanol–water partition coefficient (Wildman–Crippen LogP) is 2.50. The van der Waals surface area contributed by atoms with Gasteiger partial charge in [0.1, 0.15) is 5.69 Å².